The fourth-order valence-electron chi connectivity index (χ4n) is 3.36. The number of carbonyl (C=O) groups is 2. The summed E-state index contributed by atoms with van der Waals surface area (Å²) in [5, 5.41) is 2.92. The molecule has 1 aliphatic rings. The van der Waals surface area contributed by atoms with Crippen molar-refractivity contribution in [3.8, 4) is 0 Å². The largest absolute Gasteiger partial charge is 0.324 e. The van der Waals surface area contributed by atoms with Gasteiger partial charge in [-0.25, -0.2) is 0 Å². The smallest absolute Gasteiger partial charge is 0.238 e. The minimum absolute atomic E-state index is 0.0672. The average Bonchev–Trinajstić information content (AvgIpc) is 2.62. The van der Waals surface area contributed by atoms with Crippen molar-refractivity contribution < 1.29 is 9.59 Å². The van der Waals surface area contributed by atoms with Crippen molar-refractivity contribution in [2.75, 3.05) is 25.0 Å². The van der Waals surface area contributed by atoms with Crippen LogP contribution in [0.1, 0.15) is 35.7 Å². The molecular weight excluding hydrogens is 312 g/mol. The highest BCUT2D eigenvalue weighted by Crippen LogP contribution is 2.20. The van der Waals surface area contributed by atoms with E-state index >= 15 is 0 Å². The number of amides is 1. The molecule has 1 N–H and O–H groups in total. The van der Waals surface area contributed by atoms with Gasteiger partial charge in [0, 0.05) is 17.7 Å². The van der Waals surface area contributed by atoms with Crippen molar-refractivity contribution in [2.24, 2.45) is 5.92 Å². The zero-order valence-corrected chi connectivity index (χ0v) is 14.6. The third-order valence-electron chi connectivity index (χ3n) is 4.59. The van der Waals surface area contributed by atoms with Crippen molar-refractivity contribution in [3.05, 3.63) is 65.7 Å². The van der Waals surface area contributed by atoms with Crippen molar-refractivity contribution in [2.45, 2.75) is 19.8 Å². The topological polar surface area (TPSA) is 49.4 Å². The number of nitrogens with zero attached hydrogens (tertiary/aromatic N) is 1. The van der Waals surface area contributed by atoms with Crippen LogP contribution in [-0.4, -0.2) is 36.2 Å². The van der Waals surface area contributed by atoms with Gasteiger partial charge < -0.3 is 5.32 Å². The molecule has 130 valence electrons. The van der Waals surface area contributed by atoms with Gasteiger partial charge in [-0.3, -0.25) is 14.5 Å². The van der Waals surface area contributed by atoms with E-state index in [1.807, 2.05) is 30.3 Å². The first kappa shape index (κ1) is 17.4. The molecule has 0 spiro atoms. The van der Waals surface area contributed by atoms with Gasteiger partial charge >= 0.3 is 0 Å². The predicted molar refractivity (Wildman–Crippen MR) is 99.8 cm³/mol. The first-order chi connectivity index (χ1) is 12.1. The maximum absolute atomic E-state index is 12.7. The van der Waals surface area contributed by atoms with Crippen molar-refractivity contribution in [1.82, 2.24) is 4.90 Å². The van der Waals surface area contributed by atoms with Crippen LogP contribution in [0.25, 0.3) is 0 Å². The molecule has 2 aromatic rings. The molecular formula is C21H24N2O2. The van der Waals surface area contributed by atoms with Gasteiger partial charge in [-0.15, -0.1) is 0 Å². The fourth-order valence-corrected chi connectivity index (χ4v) is 3.36. The van der Waals surface area contributed by atoms with Crippen LogP contribution in [0.3, 0.4) is 0 Å². The van der Waals surface area contributed by atoms with E-state index in [0.717, 1.165) is 19.5 Å². The summed E-state index contributed by atoms with van der Waals surface area (Å²) in [6.07, 6.45) is 2.37. The molecule has 4 nitrogen and oxygen atoms in total. The van der Waals surface area contributed by atoms with Crippen LogP contribution in [0.15, 0.2) is 54.6 Å². The van der Waals surface area contributed by atoms with Gasteiger partial charge in [-0.2, -0.15) is 0 Å². The highest BCUT2D eigenvalue weighted by molar-refractivity contribution is 6.13. The molecule has 0 aromatic heterocycles. The Hall–Kier alpha value is -2.46. The second-order valence-corrected chi connectivity index (χ2v) is 6.77. The molecule has 1 heterocycles. The van der Waals surface area contributed by atoms with E-state index in [4.69, 9.17) is 0 Å². The SMILES string of the molecule is C[C@H]1CCCN(CC(=O)Nc2ccccc2C(=O)c2ccccc2)C1. The van der Waals surface area contributed by atoms with Crippen LogP contribution in [-0.2, 0) is 4.79 Å². The third kappa shape index (κ3) is 4.54. The monoisotopic (exact) mass is 336 g/mol. The number of ketones is 1. The summed E-state index contributed by atoms with van der Waals surface area (Å²) in [5.74, 6) is 0.485. The van der Waals surface area contributed by atoms with Crippen LogP contribution < -0.4 is 5.32 Å². The van der Waals surface area contributed by atoms with Gasteiger partial charge in [0.25, 0.3) is 0 Å². The third-order valence-corrected chi connectivity index (χ3v) is 4.59. The van der Waals surface area contributed by atoms with E-state index in [1.165, 1.54) is 6.42 Å². The lowest BCUT2D eigenvalue weighted by atomic mass is 10.0. The van der Waals surface area contributed by atoms with E-state index in [1.54, 1.807) is 24.3 Å². The van der Waals surface area contributed by atoms with Gasteiger partial charge in [-0.05, 0) is 37.4 Å². The molecule has 1 aliphatic heterocycles. The number of carbonyl (C=O) groups excluding carboxylic acids is 2. The Kier molecular flexibility index (Phi) is 5.61. The molecule has 0 aliphatic carbocycles. The van der Waals surface area contributed by atoms with Gasteiger partial charge in [0.05, 0.1) is 12.2 Å². The molecule has 1 saturated heterocycles. The molecule has 0 unspecified atom stereocenters. The quantitative estimate of drug-likeness (QED) is 0.849. The number of benzene rings is 2. The van der Waals surface area contributed by atoms with Crippen molar-refractivity contribution >= 4 is 17.4 Å². The highest BCUT2D eigenvalue weighted by Gasteiger charge is 2.20. The van der Waals surface area contributed by atoms with Crippen LogP contribution in [0.4, 0.5) is 5.69 Å². The summed E-state index contributed by atoms with van der Waals surface area (Å²) >= 11 is 0. The van der Waals surface area contributed by atoms with Crippen LogP contribution in [0.2, 0.25) is 0 Å². The number of rotatable bonds is 5. The van der Waals surface area contributed by atoms with E-state index in [0.29, 0.717) is 29.3 Å². The molecule has 4 heteroatoms. The lowest BCUT2D eigenvalue weighted by Gasteiger charge is -2.30. The fraction of sp³-hybridized carbons (Fsp3) is 0.333. The first-order valence-electron chi connectivity index (χ1n) is 8.84. The Bertz CT molecular complexity index is 743. The molecule has 1 atom stereocenters. The Morgan fingerprint density at radius 1 is 1.08 bits per heavy atom. The van der Waals surface area contributed by atoms with E-state index in [2.05, 4.69) is 17.1 Å². The number of hydrogen-bond acceptors (Lipinski definition) is 3. The molecule has 2 aromatic carbocycles. The molecule has 3 rings (SSSR count). The Labute approximate surface area is 148 Å². The Balaban J connectivity index is 1.70. The van der Waals surface area contributed by atoms with Crippen LogP contribution >= 0.6 is 0 Å². The summed E-state index contributed by atoms with van der Waals surface area (Å²) in [6, 6.07) is 16.3. The maximum atomic E-state index is 12.7. The highest BCUT2D eigenvalue weighted by atomic mass is 16.2. The number of hydrogen-bond donors (Lipinski definition) is 1. The molecule has 1 fully saturated rings. The minimum atomic E-state index is -0.0805. The number of nitrogens with one attached hydrogen (secondary N) is 1. The molecule has 0 radical (unpaired) electrons. The molecule has 0 saturated carbocycles. The predicted octanol–water partition coefficient (Wildman–Crippen LogP) is 3.59. The van der Waals surface area contributed by atoms with Gasteiger partial charge in [-0.1, -0.05) is 49.4 Å². The first-order valence-corrected chi connectivity index (χ1v) is 8.84. The minimum Gasteiger partial charge on any atom is -0.324 e. The summed E-state index contributed by atoms with van der Waals surface area (Å²) in [6.45, 7) is 4.51. The summed E-state index contributed by atoms with van der Waals surface area (Å²) in [4.78, 5) is 27.3. The molecule has 1 amide bonds. The zero-order chi connectivity index (χ0) is 17.6. The van der Waals surface area contributed by atoms with Crippen molar-refractivity contribution in [3.63, 3.8) is 0 Å². The van der Waals surface area contributed by atoms with E-state index in [-0.39, 0.29) is 11.7 Å². The van der Waals surface area contributed by atoms with Crippen molar-refractivity contribution in [1.29, 1.82) is 0 Å². The Morgan fingerprint density at radius 3 is 2.56 bits per heavy atom. The Morgan fingerprint density at radius 2 is 1.80 bits per heavy atom. The van der Waals surface area contributed by atoms with Gasteiger partial charge in [0.1, 0.15) is 0 Å². The number of piperidine rings is 1. The number of para-hydroxylation sites is 1. The van der Waals surface area contributed by atoms with E-state index in [9.17, 15) is 9.59 Å². The normalized spacial score (nSPS) is 17.9. The van der Waals surface area contributed by atoms with Crippen LogP contribution in [0, 0.1) is 5.92 Å². The van der Waals surface area contributed by atoms with Gasteiger partial charge in [0.2, 0.25) is 5.91 Å². The number of likely N-dealkylation sites (tertiary alicyclic amines) is 1. The summed E-state index contributed by atoms with van der Waals surface area (Å²) in [5.41, 5.74) is 1.72. The maximum Gasteiger partial charge on any atom is 0.238 e. The molecule has 0 bridgehead atoms. The standard InChI is InChI=1S/C21H24N2O2/c1-16-8-7-13-23(14-16)15-20(24)22-19-12-6-5-11-18(19)21(25)17-9-3-2-4-10-17/h2-6,9-12,16H,7-8,13-15H2,1H3,(H,22,24)/t16-/m0/s1. The number of anilines is 1. The average molecular weight is 336 g/mol. The summed E-state index contributed by atoms with van der Waals surface area (Å²) < 4.78 is 0. The zero-order valence-electron chi connectivity index (χ0n) is 14.6. The lowest BCUT2D eigenvalue weighted by Crippen LogP contribution is -2.39. The van der Waals surface area contributed by atoms with E-state index < -0.39 is 0 Å². The molecule has 25 heavy (non-hydrogen) atoms. The second-order valence-electron chi connectivity index (χ2n) is 6.77. The van der Waals surface area contributed by atoms with Crippen LogP contribution in [0.5, 0.6) is 0 Å². The second kappa shape index (κ2) is 8.08. The summed E-state index contributed by atoms with van der Waals surface area (Å²) in [7, 11) is 0. The van der Waals surface area contributed by atoms with Gasteiger partial charge in [0.15, 0.2) is 5.78 Å². The lowest BCUT2D eigenvalue weighted by molar-refractivity contribution is -0.117.